The number of rotatable bonds is 6. The molecule has 25 heavy (non-hydrogen) atoms. The first-order valence-corrected chi connectivity index (χ1v) is 9.89. The summed E-state index contributed by atoms with van der Waals surface area (Å²) in [6.45, 7) is 4.97. The third-order valence-corrected chi connectivity index (χ3v) is 5.70. The second kappa shape index (κ2) is 7.86. The molecular formula is C17H23NO6S. The van der Waals surface area contributed by atoms with Crippen molar-refractivity contribution in [3.63, 3.8) is 0 Å². The molecule has 8 heteroatoms. The fraction of sp³-hybridized carbons (Fsp3) is 0.529. The molecule has 0 spiro atoms. The summed E-state index contributed by atoms with van der Waals surface area (Å²) in [5.74, 6) is -0.607. The number of benzene rings is 1. The van der Waals surface area contributed by atoms with Gasteiger partial charge in [0.1, 0.15) is 5.75 Å². The molecule has 0 saturated carbocycles. The Labute approximate surface area is 147 Å². The van der Waals surface area contributed by atoms with Crippen LogP contribution in [0.25, 0.3) is 0 Å². The zero-order valence-electron chi connectivity index (χ0n) is 14.6. The van der Waals surface area contributed by atoms with Crippen LogP contribution in [0.15, 0.2) is 18.2 Å². The van der Waals surface area contributed by atoms with Gasteiger partial charge in [0.25, 0.3) is 5.91 Å². The van der Waals surface area contributed by atoms with Gasteiger partial charge in [-0.2, -0.15) is 0 Å². The second-order valence-corrected chi connectivity index (χ2v) is 8.53. The molecule has 2 atom stereocenters. The first-order valence-electron chi connectivity index (χ1n) is 8.06. The van der Waals surface area contributed by atoms with E-state index in [-0.39, 0.29) is 18.1 Å². The molecule has 0 unspecified atom stereocenters. The topological polar surface area (TPSA) is 98.8 Å². The molecule has 7 nitrogen and oxygen atoms in total. The van der Waals surface area contributed by atoms with Crippen molar-refractivity contribution in [1.82, 2.24) is 5.32 Å². The zero-order chi connectivity index (χ0) is 18.6. The van der Waals surface area contributed by atoms with Gasteiger partial charge in [-0.05, 0) is 38.8 Å². The van der Waals surface area contributed by atoms with E-state index >= 15 is 0 Å². The van der Waals surface area contributed by atoms with Gasteiger partial charge in [0.2, 0.25) is 0 Å². The number of nitrogens with one attached hydrogen (secondary N) is 1. The smallest absolute Gasteiger partial charge is 0.344 e. The molecule has 1 fully saturated rings. The number of esters is 1. The first kappa shape index (κ1) is 19.2. The van der Waals surface area contributed by atoms with E-state index < -0.39 is 33.9 Å². The Morgan fingerprint density at radius 1 is 1.32 bits per heavy atom. The predicted molar refractivity (Wildman–Crippen MR) is 92.2 cm³/mol. The molecule has 0 aromatic heterocycles. The summed E-state index contributed by atoms with van der Waals surface area (Å²) < 4.78 is 33.2. The van der Waals surface area contributed by atoms with Gasteiger partial charge in [0, 0.05) is 6.04 Å². The lowest BCUT2D eigenvalue weighted by atomic mass is 10.1. The Kier molecular flexibility index (Phi) is 6.05. The number of sulfone groups is 1. The third-order valence-electron chi connectivity index (χ3n) is 3.93. The summed E-state index contributed by atoms with van der Waals surface area (Å²) in [5.41, 5.74) is 1.99. The van der Waals surface area contributed by atoms with Crippen LogP contribution < -0.4 is 10.1 Å². The minimum absolute atomic E-state index is 0.0653. The van der Waals surface area contributed by atoms with Gasteiger partial charge in [-0.15, -0.1) is 0 Å². The van der Waals surface area contributed by atoms with E-state index in [1.165, 1.54) is 6.92 Å². The highest BCUT2D eigenvalue weighted by molar-refractivity contribution is 7.91. The normalized spacial score (nSPS) is 19.9. The number of amides is 1. The molecule has 0 bridgehead atoms. The molecule has 2 rings (SSSR count). The Bertz CT molecular complexity index is 758. The molecule has 1 amide bonds. The maximum Gasteiger partial charge on any atom is 0.344 e. The Morgan fingerprint density at radius 2 is 2.04 bits per heavy atom. The van der Waals surface area contributed by atoms with Crippen LogP contribution in [-0.2, 0) is 24.2 Å². The SMILES string of the molecule is Cc1ccc(OCC(=O)O[C@@H](C)C(=O)N[C@@H]2CCS(=O)(=O)C2)c(C)c1. The summed E-state index contributed by atoms with van der Waals surface area (Å²) in [5, 5.41) is 2.59. The first-order chi connectivity index (χ1) is 11.7. The quantitative estimate of drug-likeness (QED) is 0.749. The number of aryl methyl sites for hydroxylation is 2. The maximum absolute atomic E-state index is 12.0. The lowest BCUT2D eigenvalue weighted by Gasteiger charge is -2.17. The fourth-order valence-corrected chi connectivity index (χ4v) is 4.28. The van der Waals surface area contributed by atoms with Crippen molar-refractivity contribution in [1.29, 1.82) is 0 Å². The molecule has 1 aromatic carbocycles. The van der Waals surface area contributed by atoms with Crippen LogP contribution in [0, 0.1) is 13.8 Å². The van der Waals surface area contributed by atoms with Gasteiger partial charge in [0.15, 0.2) is 22.5 Å². The lowest BCUT2D eigenvalue weighted by molar-refractivity contribution is -0.156. The van der Waals surface area contributed by atoms with Gasteiger partial charge in [-0.3, -0.25) is 4.79 Å². The number of hydrogen-bond donors (Lipinski definition) is 1. The van der Waals surface area contributed by atoms with Gasteiger partial charge < -0.3 is 14.8 Å². The molecular weight excluding hydrogens is 346 g/mol. The second-order valence-electron chi connectivity index (χ2n) is 6.30. The van der Waals surface area contributed by atoms with Gasteiger partial charge >= 0.3 is 5.97 Å². The van der Waals surface area contributed by atoms with E-state index in [0.29, 0.717) is 12.2 Å². The van der Waals surface area contributed by atoms with Crippen LogP contribution in [-0.4, -0.2) is 50.6 Å². The maximum atomic E-state index is 12.0. The van der Waals surface area contributed by atoms with Crippen LogP contribution in [0.5, 0.6) is 5.75 Å². The van der Waals surface area contributed by atoms with E-state index in [1.807, 2.05) is 26.0 Å². The van der Waals surface area contributed by atoms with Gasteiger partial charge in [-0.1, -0.05) is 17.7 Å². The summed E-state index contributed by atoms with van der Waals surface area (Å²) >= 11 is 0. The Morgan fingerprint density at radius 3 is 2.64 bits per heavy atom. The molecule has 0 aliphatic carbocycles. The van der Waals surface area contributed by atoms with Crippen molar-refractivity contribution in [2.45, 2.75) is 39.3 Å². The van der Waals surface area contributed by atoms with Crippen molar-refractivity contribution in [2.24, 2.45) is 0 Å². The molecule has 1 N–H and O–H groups in total. The molecule has 1 heterocycles. The zero-order valence-corrected chi connectivity index (χ0v) is 15.4. The molecule has 1 aliphatic rings. The van der Waals surface area contributed by atoms with Crippen LogP contribution in [0.3, 0.4) is 0 Å². The highest BCUT2D eigenvalue weighted by Crippen LogP contribution is 2.18. The number of carbonyl (C=O) groups excluding carboxylic acids is 2. The minimum atomic E-state index is -3.08. The standard InChI is InChI=1S/C17H23NO6S/c1-11-4-5-15(12(2)8-11)23-9-16(19)24-13(3)17(20)18-14-6-7-25(21,22)10-14/h4-5,8,13-14H,6-7,9-10H2,1-3H3,(H,18,20)/t13-,14+/m0/s1. The van der Waals surface area contributed by atoms with Crippen LogP contribution in [0.4, 0.5) is 0 Å². The predicted octanol–water partition coefficient (Wildman–Crippen LogP) is 0.917. The van der Waals surface area contributed by atoms with Crippen molar-refractivity contribution >= 4 is 21.7 Å². The van der Waals surface area contributed by atoms with E-state index in [1.54, 1.807) is 6.07 Å². The van der Waals surface area contributed by atoms with E-state index in [4.69, 9.17) is 9.47 Å². The molecule has 1 aromatic rings. The van der Waals surface area contributed by atoms with Crippen molar-refractivity contribution in [2.75, 3.05) is 18.1 Å². The fourth-order valence-electron chi connectivity index (χ4n) is 2.61. The summed E-state index contributed by atoms with van der Waals surface area (Å²) in [7, 11) is -3.08. The van der Waals surface area contributed by atoms with E-state index in [0.717, 1.165) is 11.1 Å². The van der Waals surface area contributed by atoms with Gasteiger partial charge in [0.05, 0.1) is 11.5 Å². The third kappa shape index (κ3) is 5.74. The molecule has 1 aliphatic heterocycles. The summed E-state index contributed by atoms with van der Waals surface area (Å²) in [4.78, 5) is 23.8. The van der Waals surface area contributed by atoms with Crippen molar-refractivity contribution < 1.29 is 27.5 Å². The number of hydrogen-bond acceptors (Lipinski definition) is 6. The van der Waals surface area contributed by atoms with Crippen LogP contribution >= 0.6 is 0 Å². The average molecular weight is 369 g/mol. The largest absolute Gasteiger partial charge is 0.482 e. The lowest BCUT2D eigenvalue weighted by Crippen LogP contribution is -2.43. The number of carbonyl (C=O) groups is 2. The minimum Gasteiger partial charge on any atom is -0.482 e. The summed E-state index contributed by atoms with van der Waals surface area (Å²) in [6.07, 6.45) is -0.636. The highest BCUT2D eigenvalue weighted by atomic mass is 32.2. The summed E-state index contributed by atoms with van der Waals surface area (Å²) in [6, 6.07) is 5.16. The van der Waals surface area contributed by atoms with Gasteiger partial charge in [-0.25, -0.2) is 13.2 Å². The van der Waals surface area contributed by atoms with Crippen LogP contribution in [0.1, 0.15) is 24.5 Å². The number of ether oxygens (including phenoxy) is 2. The Balaban J connectivity index is 1.78. The van der Waals surface area contributed by atoms with Crippen LogP contribution in [0.2, 0.25) is 0 Å². The average Bonchev–Trinajstić information content (AvgIpc) is 2.85. The van der Waals surface area contributed by atoms with Crippen molar-refractivity contribution in [3.05, 3.63) is 29.3 Å². The van der Waals surface area contributed by atoms with E-state index in [2.05, 4.69) is 5.32 Å². The van der Waals surface area contributed by atoms with Crippen molar-refractivity contribution in [3.8, 4) is 5.75 Å². The molecule has 1 saturated heterocycles. The molecule has 138 valence electrons. The highest BCUT2D eigenvalue weighted by Gasteiger charge is 2.30. The Hall–Kier alpha value is -2.09. The monoisotopic (exact) mass is 369 g/mol. The van der Waals surface area contributed by atoms with E-state index in [9.17, 15) is 18.0 Å². The molecule has 0 radical (unpaired) electrons.